The number of nitrogens with one attached hydrogen (secondary N) is 1. The molecule has 0 radical (unpaired) electrons. The van der Waals surface area contributed by atoms with Gasteiger partial charge in [0.2, 0.25) is 5.91 Å². The minimum absolute atomic E-state index is 0.216. The van der Waals surface area contributed by atoms with Gasteiger partial charge < -0.3 is 15.5 Å². The molecule has 2 amide bonds. The van der Waals surface area contributed by atoms with Gasteiger partial charge in [-0.1, -0.05) is 23.7 Å². The monoisotopic (exact) mass is 342 g/mol. The van der Waals surface area contributed by atoms with E-state index in [1.807, 2.05) is 6.92 Å². The Kier molecular flexibility index (Phi) is 4.27. The number of primary amides is 1. The fourth-order valence-electron chi connectivity index (χ4n) is 2.41. The van der Waals surface area contributed by atoms with Crippen molar-refractivity contribution in [3.63, 3.8) is 0 Å². The Balaban J connectivity index is 1.76. The third-order valence-corrected chi connectivity index (χ3v) is 3.98. The van der Waals surface area contributed by atoms with Crippen LogP contribution in [0.4, 0.5) is 0 Å². The van der Waals surface area contributed by atoms with Crippen molar-refractivity contribution in [3.8, 4) is 0 Å². The number of amides is 2. The molecule has 1 atom stereocenters. The van der Waals surface area contributed by atoms with Crippen LogP contribution in [-0.2, 0) is 0 Å². The minimum Gasteiger partial charge on any atom is -0.451 e. The number of hydrogen-bond donors (Lipinski definition) is 2. The molecule has 2 aromatic carbocycles. The van der Waals surface area contributed by atoms with Crippen LogP contribution in [-0.4, -0.2) is 11.8 Å². The van der Waals surface area contributed by atoms with Gasteiger partial charge in [-0.2, -0.15) is 0 Å². The summed E-state index contributed by atoms with van der Waals surface area (Å²) in [4.78, 5) is 23.4. The summed E-state index contributed by atoms with van der Waals surface area (Å²) in [7, 11) is 0. The third-order valence-electron chi connectivity index (χ3n) is 3.74. The summed E-state index contributed by atoms with van der Waals surface area (Å²) >= 11 is 5.93. The first-order valence-electron chi connectivity index (χ1n) is 7.34. The molecule has 3 N–H and O–H groups in total. The molecule has 0 bridgehead atoms. The summed E-state index contributed by atoms with van der Waals surface area (Å²) in [5.41, 5.74) is 7.09. The zero-order valence-electron chi connectivity index (χ0n) is 12.9. The lowest BCUT2D eigenvalue weighted by Gasteiger charge is -2.13. The second-order valence-electron chi connectivity index (χ2n) is 5.47. The van der Waals surface area contributed by atoms with Gasteiger partial charge in [-0.15, -0.1) is 0 Å². The standard InChI is InChI=1S/C18H15ClN2O3/c1-10(11-2-4-12(5-3-11)17(20)22)21-18(23)16-9-13-8-14(19)6-7-15(13)24-16/h2-10H,1H3,(H2,20,22)(H,21,23). The number of benzene rings is 2. The van der Waals surface area contributed by atoms with Crippen LogP contribution in [0.1, 0.15) is 39.4 Å². The Morgan fingerprint density at radius 3 is 2.50 bits per heavy atom. The van der Waals surface area contributed by atoms with Gasteiger partial charge in [0.25, 0.3) is 5.91 Å². The maximum Gasteiger partial charge on any atom is 0.287 e. The van der Waals surface area contributed by atoms with E-state index >= 15 is 0 Å². The van der Waals surface area contributed by atoms with Gasteiger partial charge in [0.15, 0.2) is 5.76 Å². The fraction of sp³-hybridized carbons (Fsp3) is 0.111. The molecule has 1 unspecified atom stereocenters. The van der Waals surface area contributed by atoms with Crippen molar-refractivity contribution in [2.24, 2.45) is 5.73 Å². The van der Waals surface area contributed by atoms with Crippen molar-refractivity contribution in [1.29, 1.82) is 0 Å². The SMILES string of the molecule is CC(NC(=O)c1cc2cc(Cl)ccc2o1)c1ccc(C(N)=O)cc1. The van der Waals surface area contributed by atoms with E-state index < -0.39 is 5.91 Å². The van der Waals surface area contributed by atoms with Gasteiger partial charge >= 0.3 is 0 Å². The lowest BCUT2D eigenvalue weighted by atomic mass is 10.1. The first-order valence-corrected chi connectivity index (χ1v) is 7.71. The molecule has 1 heterocycles. The van der Waals surface area contributed by atoms with Crippen molar-refractivity contribution in [2.75, 3.05) is 0 Å². The Hall–Kier alpha value is -2.79. The second kappa shape index (κ2) is 6.37. The van der Waals surface area contributed by atoms with Gasteiger partial charge in [-0.05, 0) is 48.9 Å². The van der Waals surface area contributed by atoms with Gasteiger partial charge in [0, 0.05) is 16.0 Å². The molecule has 5 nitrogen and oxygen atoms in total. The molecule has 0 spiro atoms. The number of carbonyl (C=O) groups is 2. The molecule has 0 fully saturated rings. The Labute approximate surface area is 143 Å². The molecule has 0 saturated carbocycles. The van der Waals surface area contributed by atoms with Gasteiger partial charge in [0.1, 0.15) is 5.58 Å². The van der Waals surface area contributed by atoms with Crippen LogP contribution in [0.2, 0.25) is 5.02 Å². The van der Waals surface area contributed by atoms with Crippen molar-refractivity contribution >= 4 is 34.4 Å². The summed E-state index contributed by atoms with van der Waals surface area (Å²) in [6.07, 6.45) is 0. The quantitative estimate of drug-likeness (QED) is 0.758. The van der Waals surface area contributed by atoms with Crippen LogP contribution in [0.15, 0.2) is 52.9 Å². The molecule has 0 aliphatic carbocycles. The average Bonchev–Trinajstić information content (AvgIpc) is 2.98. The highest BCUT2D eigenvalue weighted by Crippen LogP contribution is 2.23. The molecule has 6 heteroatoms. The van der Waals surface area contributed by atoms with E-state index in [4.69, 9.17) is 21.8 Å². The molecule has 122 valence electrons. The Bertz CT molecular complexity index is 916. The summed E-state index contributed by atoms with van der Waals surface area (Å²) in [6.45, 7) is 1.84. The highest BCUT2D eigenvalue weighted by Gasteiger charge is 2.16. The highest BCUT2D eigenvalue weighted by atomic mass is 35.5. The zero-order chi connectivity index (χ0) is 17.3. The van der Waals surface area contributed by atoms with Crippen LogP contribution >= 0.6 is 11.6 Å². The topological polar surface area (TPSA) is 85.3 Å². The summed E-state index contributed by atoms with van der Waals surface area (Å²) < 4.78 is 5.54. The second-order valence-corrected chi connectivity index (χ2v) is 5.91. The number of carbonyl (C=O) groups excluding carboxylic acids is 2. The predicted molar refractivity (Wildman–Crippen MR) is 92.1 cm³/mol. The predicted octanol–water partition coefficient (Wildman–Crippen LogP) is 3.68. The Morgan fingerprint density at radius 2 is 1.83 bits per heavy atom. The first kappa shape index (κ1) is 16.1. The molecular formula is C18H15ClN2O3. The van der Waals surface area contributed by atoms with Crippen molar-refractivity contribution in [2.45, 2.75) is 13.0 Å². The number of nitrogens with two attached hydrogens (primary N) is 1. The number of halogens is 1. The molecule has 0 aliphatic heterocycles. The van der Waals surface area contributed by atoms with E-state index in [2.05, 4.69) is 5.32 Å². The van der Waals surface area contributed by atoms with Gasteiger partial charge in [-0.25, -0.2) is 0 Å². The lowest BCUT2D eigenvalue weighted by Crippen LogP contribution is -2.26. The van der Waals surface area contributed by atoms with E-state index in [0.29, 0.717) is 16.2 Å². The van der Waals surface area contributed by atoms with Crippen LogP contribution < -0.4 is 11.1 Å². The van der Waals surface area contributed by atoms with E-state index in [1.54, 1.807) is 48.5 Å². The number of hydrogen-bond acceptors (Lipinski definition) is 3. The average molecular weight is 343 g/mol. The molecule has 24 heavy (non-hydrogen) atoms. The van der Waals surface area contributed by atoms with Crippen molar-refractivity contribution < 1.29 is 14.0 Å². The van der Waals surface area contributed by atoms with E-state index in [1.165, 1.54) is 0 Å². The number of furan rings is 1. The van der Waals surface area contributed by atoms with E-state index in [-0.39, 0.29) is 17.7 Å². The zero-order valence-corrected chi connectivity index (χ0v) is 13.6. The molecule has 0 aliphatic rings. The lowest BCUT2D eigenvalue weighted by molar-refractivity contribution is 0.0913. The maximum absolute atomic E-state index is 12.3. The normalized spacial score (nSPS) is 12.1. The van der Waals surface area contributed by atoms with Crippen LogP contribution in [0.5, 0.6) is 0 Å². The smallest absolute Gasteiger partial charge is 0.287 e. The summed E-state index contributed by atoms with van der Waals surface area (Å²) in [6, 6.07) is 13.3. The highest BCUT2D eigenvalue weighted by molar-refractivity contribution is 6.31. The fourth-order valence-corrected chi connectivity index (χ4v) is 2.59. The summed E-state index contributed by atoms with van der Waals surface area (Å²) in [5, 5.41) is 4.21. The first-order chi connectivity index (χ1) is 11.4. The molecular weight excluding hydrogens is 328 g/mol. The molecule has 3 aromatic rings. The third kappa shape index (κ3) is 3.26. The minimum atomic E-state index is -0.487. The largest absolute Gasteiger partial charge is 0.451 e. The summed E-state index contributed by atoms with van der Waals surface area (Å²) in [5.74, 6) is -0.596. The maximum atomic E-state index is 12.3. The van der Waals surface area contributed by atoms with Crippen LogP contribution in [0.25, 0.3) is 11.0 Å². The number of rotatable bonds is 4. The van der Waals surface area contributed by atoms with Crippen LogP contribution in [0, 0.1) is 0 Å². The molecule has 1 aromatic heterocycles. The van der Waals surface area contributed by atoms with Gasteiger partial charge in [-0.3, -0.25) is 9.59 Å². The van der Waals surface area contributed by atoms with Crippen LogP contribution in [0.3, 0.4) is 0 Å². The molecule has 0 saturated heterocycles. The van der Waals surface area contributed by atoms with E-state index in [0.717, 1.165) is 10.9 Å². The van der Waals surface area contributed by atoms with Crippen molar-refractivity contribution in [1.82, 2.24) is 5.32 Å². The van der Waals surface area contributed by atoms with Crippen molar-refractivity contribution in [3.05, 3.63) is 70.4 Å². The molecule has 3 rings (SSSR count). The number of fused-ring (bicyclic) bond motifs is 1. The van der Waals surface area contributed by atoms with Gasteiger partial charge in [0.05, 0.1) is 6.04 Å². The Morgan fingerprint density at radius 1 is 1.12 bits per heavy atom. The van der Waals surface area contributed by atoms with E-state index in [9.17, 15) is 9.59 Å².